The average Bonchev–Trinajstić information content (AvgIpc) is 2.78. The Morgan fingerprint density at radius 1 is 1.03 bits per heavy atom. The second-order valence-corrected chi connectivity index (χ2v) is 8.08. The molecule has 9 heteroatoms. The van der Waals surface area contributed by atoms with Crippen molar-refractivity contribution >= 4 is 29.1 Å². The number of hydrogen-bond donors (Lipinski definition) is 1. The van der Waals surface area contributed by atoms with Crippen LogP contribution in [0.5, 0.6) is 0 Å². The summed E-state index contributed by atoms with van der Waals surface area (Å²) in [5.41, 5.74) is 1.71. The molecule has 2 aromatic carbocycles. The Hall–Kier alpha value is -3.26. The highest BCUT2D eigenvalue weighted by atomic mass is 35.5. The first kappa shape index (κ1) is 22.0. The van der Waals surface area contributed by atoms with Gasteiger partial charge in [0.2, 0.25) is 0 Å². The van der Waals surface area contributed by atoms with Crippen LogP contribution in [0.3, 0.4) is 0 Å². The van der Waals surface area contributed by atoms with Gasteiger partial charge in [0.15, 0.2) is 0 Å². The number of anilines is 2. The van der Waals surface area contributed by atoms with Crippen molar-refractivity contribution in [1.29, 1.82) is 0 Å². The summed E-state index contributed by atoms with van der Waals surface area (Å²) in [7, 11) is 1.78. The number of urea groups is 1. The number of nitrogens with one attached hydrogen (secondary N) is 1. The van der Waals surface area contributed by atoms with E-state index in [-0.39, 0.29) is 12.1 Å². The van der Waals surface area contributed by atoms with E-state index in [1.54, 1.807) is 42.3 Å². The molecule has 3 aromatic rings. The number of halogens is 3. The Labute approximate surface area is 189 Å². The molecule has 32 heavy (non-hydrogen) atoms. The summed E-state index contributed by atoms with van der Waals surface area (Å²) in [6.07, 6.45) is 3.05. The van der Waals surface area contributed by atoms with Gasteiger partial charge >= 0.3 is 6.03 Å². The van der Waals surface area contributed by atoms with E-state index in [0.29, 0.717) is 22.0 Å². The molecule has 0 spiro atoms. The Kier molecular flexibility index (Phi) is 6.50. The SMILES string of the molecule is CN(C(=O)Nc1ccc(-c2cc(F)cc(F)c2)cc1)C1CCN(c2cc(Cl)ncn2)CC1. The fourth-order valence-electron chi connectivity index (χ4n) is 3.82. The Morgan fingerprint density at radius 2 is 1.69 bits per heavy atom. The average molecular weight is 458 g/mol. The summed E-state index contributed by atoms with van der Waals surface area (Å²) in [5, 5.41) is 3.28. The lowest BCUT2D eigenvalue weighted by Gasteiger charge is -2.37. The van der Waals surface area contributed by atoms with Crippen molar-refractivity contribution in [3.63, 3.8) is 0 Å². The third kappa shape index (κ3) is 5.13. The van der Waals surface area contributed by atoms with Crippen LogP contribution in [-0.2, 0) is 0 Å². The number of amides is 2. The van der Waals surface area contributed by atoms with E-state index in [2.05, 4.69) is 20.2 Å². The number of hydrogen-bond acceptors (Lipinski definition) is 4. The highest BCUT2D eigenvalue weighted by Gasteiger charge is 2.26. The molecule has 1 saturated heterocycles. The van der Waals surface area contributed by atoms with Crippen molar-refractivity contribution in [2.24, 2.45) is 0 Å². The number of nitrogens with zero attached hydrogens (tertiary/aromatic N) is 4. The number of benzene rings is 2. The molecular weight excluding hydrogens is 436 g/mol. The topological polar surface area (TPSA) is 61.4 Å². The normalized spacial score (nSPS) is 14.3. The van der Waals surface area contributed by atoms with Gasteiger partial charge in [-0.1, -0.05) is 23.7 Å². The van der Waals surface area contributed by atoms with E-state index in [4.69, 9.17) is 11.6 Å². The minimum absolute atomic E-state index is 0.0955. The minimum atomic E-state index is -0.632. The van der Waals surface area contributed by atoms with Crippen LogP contribution in [0.15, 0.2) is 54.9 Å². The summed E-state index contributed by atoms with van der Waals surface area (Å²) in [4.78, 5) is 24.7. The molecular formula is C23H22ClF2N5O. The molecule has 0 bridgehead atoms. The third-order valence-electron chi connectivity index (χ3n) is 5.61. The quantitative estimate of drug-likeness (QED) is 0.546. The summed E-state index contributed by atoms with van der Waals surface area (Å²) in [6, 6.07) is 11.9. The van der Waals surface area contributed by atoms with Crippen LogP contribution >= 0.6 is 11.6 Å². The molecule has 0 radical (unpaired) electrons. The Balaban J connectivity index is 1.34. The van der Waals surface area contributed by atoms with Gasteiger partial charge in [0, 0.05) is 44.0 Å². The first-order valence-corrected chi connectivity index (χ1v) is 10.6. The smallest absolute Gasteiger partial charge is 0.321 e. The van der Waals surface area contributed by atoms with Gasteiger partial charge < -0.3 is 15.1 Å². The minimum Gasteiger partial charge on any atom is -0.356 e. The van der Waals surface area contributed by atoms with Crippen LogP contribution in [0.1, 0.15) is 12.8 Å². The van der Waals surface area contributed by atoms with Crippen LogP contribution in [0, 0.1) is 11.6 Å². The molecule has 0 saturated carbocycles. The predicted octanol–water partition coefficient (Wildman–Crippen LogP) is 5.21. The highest BCUT2D eigenvalue weighted by molar-refractivity contribution is 6.29. The third-order valence-corrected chi connectivity index (χ3v) is 5.81. The number of carbonyl (C=O) groups is 1. The number of aromatic nitrogens is 2. The first-order valence-electron chi connectivity index (χ1n) is 10.2. The van der Waals surface area contributed by atoms with E-state index >= 15 is 0 Å². The number of carbonyl (C=O) groups excluding carboxylic acids is 1. The van der Waals surface area contributed by atoms with E-state index in [0.717, 1.165) is 37.8 Å². The first-order chi connectivity index (χ1) is 15.4. The van der Waals surface area contributed by atoms with Gasteiger partial charge in [-0.25, -0.2) is 23.5 Å². The van der Waals surface area contributed by atoms with Crippen LogP contribution in [0.2, 0.25) is 5.15 Å². The van der Waals surface area contributed by atoms with Crippen LogP contribution in [0.25, 0.3) is 11.1 Å². The van der Waals surface area contributed by atoms with Gasteiger partial charge in [0.1, 0.15) is 28.9 Å². The van der Waals surface area contributed by atoms with Crippen molar-refractivity contribution in [2.75, 3.05) is 30.4 Å². The van der Waals surface area contributed by atoms with Crippen molar-refractivity contribution in [1.82, 2.24) is 14.9 Å². The van der Waals surface area contributed by atoms with Gasteiger partial charge in [-0.3, -0.25) is 0 Å². The number of piperidine rings is 1. The van der Waals surface area contributed by atoms with Gasteiger partial charge in [-0.15, -0.1) is 0 Å². The molecule has 1 aliphatic rings. The van der Waals surface area contributed by atoms with Gasteiger partial charge in [-0.05, 0) is 48.2 Å². The summed E-state index contributed by atoms with van der Waals surface area (Å²) < 4.78 is 26.9. The molecule has 1 aliphatic heterocycles. The van der Waals surface area contributed by atoms with E-state index in [1.165, 1.54) is 18.5 Å². The summed E-state index contributed by atoms with van der Waals surface area (Å²) in [6.45, 7) is 1.52. The summed E-state index contributed by atoms with van der Waals surface area (Å²) in [5.74, 6) is -0.477. The molecule has 1 fully saturated rings. The fraction of sp³-hybridized carbons (Fsp3) is 0.261. The van der Waals surface area contributed by atoms with Gasteiger partial charge in [0.25, 0.3) is 0 Å². The second-order valence-electron chi connectivity index (χ2n) is 7.69. The maximum absolute atomic E-state index is 13.5. The van der Waals surface area contributed by atoms with Crippen molar-refractivity contribution in [3.8, 4) is 11.1 Å². The molecule has 2 amide bonds. The zero-order valence-corrected chi connectivity index (χ0v) is 18.2. The van der Waals surface area contributed by atoms with E-state index in [9.17, 15) is 13.6 Å². The largest absolute Gasteiger partial charge is 0.356 e. The molecule has 1 N–H and O–H groups in total. The van der Waals surface area contributed by atoms with Gasteiger partial charge in [0.05, 0.1) is 0 Å². The molecule has 0 unspecified atom stereocenters. The zero-order valence-electron chi connectivity index (χ0n) is 17.4. The molecule has 166 valence electrons. The standard InChI is InChI=1S/C23H22ClF2N5O/c1-30(20-6-8-31(9-7-20)22-13-21(24)27-14-28-22)23(32)29-19-4-2-15(3-5-19)16-10-17(25)12-18(26)11-16/h2-5,10-14,20H,6-9H2,1H3,(H,29,32). The van der Waals surface area contributed by atoms with Crippen LogP contribution in [-0.4, -0.2) is 47.1 Å². The molecule has 6 nitrogen and oxygen atoms in total. The lowest BCUT2D eigenvalue weighted by Crippen LogP contribution is -2.47. The lowest BCUT2D eigenvalue weighted by atomic mass is 10.0. The number of rotatable bonds is 4. The second kappa shape index (κ2) is 9.48. The predicted molar refractivity (Wildman–Crippen MR) is 121 cm³/mol. The fourth-order valence-corrected chi connectivity index (χ4v) is 3.96. The molecule has 1 aromatic heterocycles. The maximum Gasteiger partial charge on any atom is 0.321 e. The highest BCUT2D eigenvalue weighted by Crippen LogP contribution is 2.25. The Bertz CT molecular complexity index is 1080. The Morgan fingerprint density at radius 3 is 2.31 bits per heavy atom. The molecule has 2 heterocycles. The van der Waals surface area contributed by atoms with Crippen molar-refractivity contribution < 1.29 is 13.6 Å². The summed E-state index contributed by atoms with van der Waals surface area (Å²) >= 11 is 5.95. The van der Waals surface area contributed by atoms with Crippen LogP contribution < -0.4 is 10.2 Å². The van der Waals surface area contributed by atoms with Crippen molar-refractivity contribution in [2.45, 2.75) is 18.9 Å². The monoisotopic (exact) mass is 457 g/mol. The van der Waals surface area contributed by atoms with Crippen molar-refractivity contribution in [3.05, 3.63) is 71.6 Å². The molecule has 4 rings (SSSR count). The lowest BCUT2D eigenvalue weighted by molar-refractivity contribution is 0.193. The van der Waals surface area contributed by atoms with Gasteiger partial charge in [-0.2, -0.15) is 0 Å². The zero-order chi connectivity index (χ0) is 22.7. The molecule has 0 aliphatic carbocycles. The maximum atomic E-state index is 13.5. The molecule has 0 atom stereocenters. The van der Waals surface area contributed by atoms with Crippen LogP contribution in [0.4, 0.5) is 25.1 Å². The van der Waals surface area contributed by atoms with E-state index in [1.807, 2.05) is 0 Å². The van der Waals surface area contributed by atoms with E-state index < -0.39 is 11.6 Å².